The Labute approximate surface area is 170 Å². The summed E-state index contributed by atoms with van der Waals surface area (Å²) in [6.45, 7) is -1.33. The van der Waals surface area contributed by atoms with Crippen LogP contribution >= 0.6 is 0 Å². The van der Waals surface area contributed by atoms with Crippen LogP contribution in [0.25, 0.3) is 0 Å². The van der Waals surface area contributed by atoms with E-state index in [9.17, 15) is 18.7 Å². The van der Waals surface area contributed by atoms with E-state index in [4.69, 9.17) is 4.42 Å². The zero-order valence-electron chi connectivity index (χ0n) is 16.0. The second kappa shape index (κ2) is 7.98. The van der Waals surface area contributed by atoms with Gasteiger partial charge in [-0.15, -0.1) is 0 Å². The molecule has 1 aliphatic rings. The van der Waals surface area contributed by atoms with Crippen molar-refractivity contribution in [3.63, 3.8) is 0 Å². The van der Waals surface area contributed by atoms with Gasteiger partial charge in [0.25, 0.3) is 0 Å². The van der Waals surface area contributed by atoms with Crippen LogP contribution in [0.1, 0.15) is 29.3 Å². The predicted octanol–water partition coefficient (Wildman–Crippen LogP) is 4.61. The van der Waals surface area contributed by atoms with Crippen LogP contribution in [-0.4, -0.2) is 17.4 Å². The Morgan fingerprint density at radius 3 is 2.50 bits per heavy atom. The summed E-state index contributed by atoms with van der Waals surface area (Å²) in [5.41, 5.74) is 1.29. The molecule has 1 atom stereocenters. The summed E-state index contributed by atoms with van der Waals surface area (Å²) in [7, 11) is 0. The van der Waals surface area contributed by atoms with Crippen molar-refractivity contribution in [2.45, 2.75) is 26.0 Å². The first-order chi connectivity index (χ1) is 14.4. The number of halogens is 2. The van der Waals surface area contributed by atoms with E-state index in [-0.39, 0.29) is 23.1 Å². The number of rotatable bonds is 5. The number of hydrazone groups is 1. The van der Waals surface area contributed by atoms with E-state index in [2.05, 4.69) is 9.84 Å². The number of hydrogen-bond acceptors (Lipinski definition) is 6. The number of aromatic hydroxyl groups is 1. The van der Waals surface area contributed by atoms with E-state index in [0.29, 0.717) is 17.9 Å². The van der Waals surface area contributed by atoms with Gasteiger partial charge < -0.3 is 14.3 Å². The molecule has 0 saturated heterocycles. The van der Waals surface area contributed by atoms with Crippen molar-refractivity contribution in [3.8, 4) is 11.5 Å². The van der Waals surface area contributed by atoms with Gasteiger partial charge in [-0.2, -0.15) is 13.9 Å². The van der Waals surface area contributed by atoms with Crippen molar-refractivity contribution >= 4 is 11.4 Å². The molecule has 0 amide bonds. The molecule has 6 nitrogen and oxygen atoms in total. The van der Waals surface area contributed by atoms with Crippen molar-refractivity contribution < 1.29 is 23.0 Å². The molecular formula is C22H18F2N2O4. The van der Waals surface area contributed by atoms with Crippen LogP contribution < -0.4 is 15.4 Å². The maximum absolute atomic E-state index is 12.4. The summed E-state index contributed by atoms with van der Waals surface area (Å²) < 4.78 is 34.4. The summed E-state index contributed by atoms with van der Waals surface area (Å²) in [6, 6.07) is 16.6. The maximum Gasteiger partial charge on any atom is 0.387 e. The molecule has 0 radical (unpaired) electrons. The number of benzene rings is 2. The SMILES string of the molecule is Cc1cc(O)c(C2=NN(c3ccccc3)[C@H](c3ccc(OC(F)F)cc3)C2)c(=O)o1. The van der Waals surface area contributed by atoms with Crippen molar-refractivity contribution in [1.82, 2.24) is 0 Å². The van der Waals surface area contributed by atoms with Crippen molar-refractivity contribution in [1.29, 1.82) is 0 Å². The lowest BCUT2D eigenvalue weighted by Gasteiger charge is -2.24. The van der Waals surface area contributed by atoms with Crippen LogP contribution in [-0.2, 0) is 0 Å². The lowest BCUT2D eigenvalue weighted by Crippen LogP contribution is -2.18. The van der Waals surface area contributed by atoms with Gasteiger partial charge >= 0.3 is 12.2 Å². The Hall–Kier alpha value is -3.68. The highest BCUT2D eigenvalue weighted by molar-refractivity contribution is 6.04. The van der Waals surface area contributed by atoms with Gasteiger partial charge in [0.1, 0.15) is 22.8 Å². The molecule has 0 fully saturated rings. The number of ether oxygens (including phenoxy) is 1. The van der Waals surface area contributed by atoms with Crippen LogP contribution in [0, 0.1) is 6.92 Å². The van der Waals surface area contributed by atoms with Gasteiger partial charge in [-0.3, -0.25) is 5.01 Å². The Morgan fingerprint density at radius 1 is 1.17 bits per heavy atom. The van der Waals surface area contributed by atoms with E-state index in [1.54, 1.807) is 24.1 Å². The lowest BCUT2D eigenvalue weighted by molar-refractivity contribution is -0.0498. The summed E-state index contributed by atoms with van der Waals surface area (Å²) in [5, 5.41) is 16.6. The lowest BCUT2D eigenvalue weighted by atomic mass is 9.98. The fraction of sp³-hybridized carbons (Fsp3) is 0.182. The third-order valence-electron chi connectivity index (χ3n) is 4.76. The average Bonchev–Trinajstić information content (AvgIpc) is 3.13. The molecule has 0 unspecified atom stereocenters. The first-order valence-corrected chi connectivity index (χ1v) is 9.23. The van der Waals surface area contributed by atoms with Crippen molar-refractivity contribution in [2.75, 3.05) is 5.01 Å². The number of alkyl halides is 2. The highest BCUT2D eigenvalue weighted by Crippen LogP contribution is 2.37. The molecule has 154 valence electrons. The van der Waals surface area contributed by atoms with E-state index in [1.165, 1.54) is 18.2 Å². The number of nitrogens with zero attached hydrogens (tertiary/aromatic N) is 2. The van der Waals surface area contributed by atoms with E-state index >= 15 is 0 Å². The molecule has 30 heavy (non-hydrogen) atoms. The molecule has 0 aliphatic carbocycles. The minimum atomic E-state index is -2.90. The number of para-hydroxylation sites is 1. The highest BCUT2D eigenvalue weighted by Gasteiger charge is 2.32. The molecule has 1 aliphatic heterocycles. The quantitative estimate of drug-likeness (QED) is 0.662. The second-order valence-electron chi connectivity index (χ2n) is 6.80. The molecule has 0 bridgehead atoms. The first-order valence-electron chi connectivity index (χ1n) is 9.23. The van der Waals surface area contributed by atoms with Crippen LogP contribution in [0.2, 0.25) is 0 Å². The zero-order valence-corrected chi connectivity index (χ0v) is 16.0. The van der Waals surface area contributed by atoms with E-state index in [0.717, 1.165) is 11.3 Å². The molecule has 2 aromatic carbocycles. The van der Waals surface area contributed by atoms with Gasteiger partial charge in [-0.05, 0) is 36.8 Å². The Morgan fingerprint density at radius 2 is 1.87 bits per heavy atom. The number of hydrogen-bond donors (Lipinski definition) is 1. The first kappa shape index (κ1) is 19.6. The largest absolute Gasteiger partial charge is 0.507 e. The standard InChI is InChI=1S/C22H18F2N2O4/c1-13-11-19(27)20(21(28)29-13)17-12-18(26(25-17)15-5-3-2-4-6-15)14-7-9-16(10-8-14)30-22(23)24/h2-11,18,22,27H,12H2,1H3/t18-/m0/s1. The van der Waals surface area contributed by atoms with Gasteiger partial charge in [0.2, 0.25) is 0 Å². The van der Waals surface area contributed by atoms with Gasteiger partial charge in [-0.25, -0.2) is 4.79 Å². The minimum absolute atomic E-state index is 0.0154. The zero-order chi connectivity index (χ0) is 21.3. The van der Waals surface area contributed by atoms with Crippen molar-refractivity contribution in [2.24, 2.45) is 5.10 Å². The van der Waals surface area contributed by atoms with Crippen molar-refractivity contribution in [3.05, 3.63) is 88.0 Å². The Bertz CT molecular complexity index is 1130. The van der Waals surface area contributed by atoms with Gasteiger partial charge in [0, 0.05) is 12.5 Å². The molecule has 3 aromatic rings. The fourth-order valence-corrected chi connectivity index (χ4v) is 3.47. The fourth-order valence-electron chi connectivity index (χ4n) is 3.47. The molecule has 1 N–H and O–H groups in total. The number of aryl methyl sites for hydroxylation is 1. The summed E-state index contributed by atoms with van der Waals surface area (Å²) in [4.78, 5) is 12.4. The number of anilines is 1. The normalized spacial score (nSPS) is 16.1. The third kappa shape index (κ3) is 3.89. The molecule has 2 heterocycles. The molecule has 1 aromatic heterocycles. The van der Waals surface area contributed by atoms with Gasteiger partial charge in [0.15, 0.2) is 0 Å². The summed E-state index contributed by atoms with van der Waals surface area (Å²) >= 11 is 0. The average molecular weight is 412 g/mol. The molecular weight excluding hydrogens is 394 g/mol. The van der Waals surface area contributed by atoms with Crippen LogP contribution in [0.15, 0.2) is 75.0 Å². The molecule has 0 saturated carbocycles. The minimum Gasteiger partial charge on any atom is -0.507 e. The third-order valence-corrected chi connectivity index (χ3v) is 4.76. The van der Waals surface area contributed by atoms with E-state index < -0.39 is 12.2 Å². The Kier molecular flexibility index (Phi) is 5.22. The smallest absolute Gasteiger partial charge is 0.387 e. The topological polar surface area (TPSA) is 75.3 Å². The monoisotopic (exact) mass is 412 g/mol. The van der Waals surface area contributed by atoms with E-state index in [1.807, 2.05) is 30.3 Å². The molecule has 8 heteroatoms. The van der Waals surface area contributed by atoms with Crippen LogP contribution in [0.5, 0.6) is 11.5 Å². The maximum atomic E-state index is 12.4. The van der Waals surface area contributed by atoms with Gasteiger partial charge in [-0.1, -0.05) is 30.3 Å². The van der Waals surface area contributed by atoms with Crippen LogP contribution in [0.4, 0.5) is 14.5 Å². The molecule has 4 rings (SSSR count). The van der Waals surface area contributed by atoms with Gasteiger partial charge in [0.05, 0.1) is 17.4 Å². The second-order valence-corrected chi connectivity index (χ2v) is 6.80. The predicted molar refractivity (Wildman–Crippen MR) is 107 cm³/mol. The Balaban J connectivity index is 1.73. The summed E-state index contributed by atoms with van der Waals surface area (Å²) in [5.74, 6) is 0.152. The summed E-state index contributed by atoms with van der Waals surface area (Å²) in [6.07, 6.45) is 0.311. The van der Waals surface area contributed by atoms with Crippen LogP contribution in [0.3, 0.4) is 0 Å². The molecule has 0 spiro atoms. The highest BCUT2D eigenvalue weighted by atomic mass is 19.3.